The summed E-state index contributed by atoms with van der Waals surface area (Å²) in [5, 5.41) is 2.94. The molecule has 3 nitrogen and oxygen atoms in total. The lowest BCUT2D eigenvalue weighted by Crippen LogP contribution is -2.32. The number of benzene rings is 2. The van der Waals surface area contributed by atoms with Crippen LogP contribution in [0, 0.1) is 13.8 Å². The van der Waals surface area contributed by atoms with Crippen LogP contribution < -0.4 is 10.1 Å². The van der Waals surface area contributed by atoms with Gasteiger partial charge in [-0.05, 0) is 68.0 Å². The van der Waals surface area contributed by atoms with Crippen molar-refractivity contribution in [3.63, 3.8) is 0 Å². The molecule has 2 aromatic rings. The monoisotopic (exact) mass is 329 g/mol. The number of carbonyl (C=O) groups excluding carboxylic acids is 1. The average molecular weight is 329 g/mol. The van der Waals surface area contributed by atoms with Crippen LogP contribution in [-0.4, -0.2) is 18.3 Å². The van der Waals surface area contributed by atoms with Gasteiger partial charge >= 0.3 is 0 Å². The first-order chi connectivity index (χ1) is 11.0. The zero-order chi connectivity index (χ0) is 16.8. The van der Waals surface area contributed by atoms with E-state index in [2.05, 4.69) is 12.2 Å². The van der Waals surface area contributed by atoms with E-state index in [0.29, 0.717) is 6.42 Å². The van der Waals surface area contributed by atoms with Crippen molar-refractivity contribution in [1.82, 2.24) is 0 Å². The molecular weight excluding hydrogens is 306 g/mol. The Balaban J connectivity index is 2.07. The summed E-state index contributed by atoms with van der Waals surface area (Å²) in [6.07, 6.45) is 2.12. The molecular formula is C19H23NO2S. The lowest BCUT2D eigenvalue weighted by Gasteiger charge is -2.18. The molecule has 0 saturated heterocycles. The molecule has 0 aliphatic carbocycles. The Kier molecular flexibility index (Phi) is 6.11. The van der Waals surface area contributed by atoms with E-state index in [1.165, 1.54) is 5.56 Å². The summed E-state index contributed by atoms with van der Waals surface area (Å²) in [5.74, 6) is 0.608. The SMILES string of the molecule is CC[C@H](Oc1ccc(C)c(C)c1)C(=O)Nc1cccc(SC)c1. The van der Waals surface area contributed by atoms with Crippen molar-refractivity contribution < 1.29 is 9.53 Å². The quantitative estimate of drug-likeness (QED) is 0.772. The molecule has 0 saturated carbocycles. The number of nitrogens with one attached hydrogen (secondary N) is 1. The number of thioether (sulfide) groups is 1. The predicted molar refractivity (Wildman–Crippen MR) is 97.5 cm³/mol. The molecule has 2 aromatic carbocycles. The van der Waals surface area contributed by atoms with E-state index in [1.54, 1.807) is 11.8 Å². The largest absolute Gasteiger partial charge is 0.481 e. The normalized spacial score (nSPS) is 11.8. The van der Waals surface area contributed by atoms with Crippen molar-refractivity contribution in [3.8, 4) is 5.75 Å². The van der Waals surface area contributed by atoms with Gasteiger partial charge in [-0.1, -0.05) is 19.1 Å². The highest BCUT2D eigenvalue weighted by Crippen LogP contribution is 2.21. The minimum atomic E-state index is -0.505. The molecule has 23 heavy (non-hydrogen) atoms. The van der Waals surface area contributed by atoms with Gasteiger partial charge in [0.2, 0.25) is 0 Å². The highest BCUT2D eigenvalue weighted by atomic mass is 32.2. The van der Waals surface area contributed by atoms with Gasteiger partial charge < -0.3 is 10.1 Å². The molecule has 1 N–H and O–H groups in total. The van der Waals surface area contributed by atoms with E-state index in [9.17, 15) is 4.79 Å². The maximum absolute atomic E-state index is 12.5. The average Bonchev–Trinajstić information content (AvgIpc) is 2.55. The molecule has 0 fully saturated rings. The van der Waals surface area contributed by atoms with E-state index in [1.807, 2.05) is 62.6 Å². The second-order valence-corrected chi connectivity index (χ2v) is 6.36. The van der Waals surface area contributed by atoms with Gasteiger partial charge in [-0.3, -0.25) is 4.79 Å². The van der Waals surface area contributed by atoms with Crippen molar-refractivity contribution in [1.29, 1.82) is 0 Å². The standard InChI is InChI=1S/C19H23NO2S/c1-5-18(22-16-10-9-13(2)14(3)11-16)19(21)20-15-7-6-8-17(12-15)23-4/h6-12,18H,5H2,1-4H3,(H,20,21)/t18-/m0/s1. The van der Waals surface area contributed by atoms with Gasteiger partial charge in [-0.25, -0.2) is 0 Å². The second kappa shape index (κ2) is 8.06. The van der Waals surface area contributed by atoms with Crippen LogP contribution in [0.15, 0.2) is 47.4 Å². The molecule has 2 rings (SSSR count). The van der Waals surface area contributed by atoms with Crippen LogP contribution in [0.3, 0.4) is 0 Å². The molecule has 0 bridgehead atoms. The first kappa shape index (κ1) is 17.4. The minimum Gasteiger partial charge on any atom is -0.481 e. The van der Waals surface area contributed by atoms with Crippen LogP contribution in [0.5, 0.6) is 5.75 Å². The van der Waals surface area contributed by atoms with Crippen LogP contribution in [0.2, 0.25) is 0 Å². The van der Waals surface area contributed by atoms with Crippen molar-refractivity contribution in [3.05, 3.63) is 53.6 Å². The smallest absolute Gasteiger partial charge is 0.265 e. The van der Waals surface area contributed by atoms with Gasteiger partial charge in [0.05, 0.1) is 0 Å². The Morgan fingerprint density at radius 3 is 2.61 bits per heavy atom. The van der Waals surface area contributed by atoms with Crippen molar-refractivity contribution in [2.75, 3.05) is 11.6 Å². The maximum Gasteiger partial charge on any atom is 0.265 e. The summed E-state index contributed by atoms with van der Waals surface area (Å²) in [6, 6.07) is 13.7. The molecule has 0 aromatic heterocycles. The van der Waals surface area contributed by atoms with Crippen molar-refractivity contribution >= 4 is 23.4 Å². The number of hydrogen-bond acceptors (Lipinski definition) is 3. The maximum atomic E-state index is 12.5. The second-order valence-electron chi connectivity index (χ2n) is 5.48. The highest BCUT2D eigenvalue weighted by molar-refractivity contribution is 7.98. The van der Waals surface area contributed by atoms with Gasteiger partial charge in [-0.2, -0.15) is 0 Å². The number of hydrogen-bond donors (Lipinski definition) is 1. The van der Waals surface area contributed by atoms with E-state index in [4.69, 9.17) is 4.74 Å². The number of ether oxygens (including phenoxy) is 1. The van der Waals surface area contributed by atoms with E-state index < -0.39 is 6.10 Å². The fourth-order valence-electron chi connectivity index (χ4n) is 2.20. The molecule has 0 heterocycles. The first-order valence-corrected chi connectivity index (χ1v) is 8.94. The fourth-order valence-corrected chi connectivity index (χ4v) is 2.66. The number of amides is 1. The predicted octanol–water partition coefficient (Wildman–Crippen LogP) is 4.82. The molecule has 0 radical (unpaired) electrons. The lowest BCUT2D eigenvalue weighted by molar-refractivity contribution is -0.122. The summed E-state index contributed by atoms with van der Waals surface area (Å²) < 4.78 is 5.87. The van der Waals surface area contributed by atoms with Crippen LogP contribution >= 0.6 is 11.8 Å². The molecule has 0 unspecified atom stereocenters. The number of carbonyl (C=O) groups is 1. The van der Waals surface area contributed by atoms with Crippen LogP contribution in [0.25, 0.3) is 0 Å². The summed E-state index contributed by atoms with van der Waals surface area (Å²) in [6.45, 7) is 6.04. The summed E-state index contributed by atoms with van der Waals surface area (Å²) >= 11 is 1.65. The van der Waals surface area contributed by atoms with Gasteiger partial charge in [0.1, 0.15) is 5.75 Å². The Bertz CT molecular complexity index is 685. The molecule has 0 aliphatic heterocycles. The zero-order valence-electron chi connectivity index (χ0n) is 14.1. The molecule has 1 atom stereocenters. The number of anilines is 1. The van der Waals surface area contributed by atoms with Crippen LogP contribution in [0.1, 0.15) is 24.5 Å². The summed E-state index contributed by atoms with van der Waals surface area (Å²) in [5.41, 5.74) is 3.16. The van der Waals surface area contributed by atoms with Crippen LogP contribution in [-0.2, 0) is 4.79 Å². The topological polar surface area (TPSA) is 38.3 Å². The Morgan fingerprint density at radius 2 is 1.96 bits per heavy atom. The van der Waals surface area contributed by atoms with Gasteiger partial charge in [-0.15, -0.1) is 11.8 Å². The van der Waals surface area contributed by atoms with Gasteiger partial charge in [0, 0.05) is 10.6 Å². The Morgan fingerprint density at radius 1 is 1.17 bits per heavy atom. The lowest BCUT2D eigenvalue weighted by atomic mass is 10.1. The molecule has 1 amide bonds. The number of rotatable bonds is 6. The molecule has 0 spiro atoms. The molecule has 4 heteroatoms. The molecule has 0 aliphatic rings. The fraction of sp³-hybridized carbons (Fsp3) is 0.316. The minimum absolute atomic E-state index is 0.121. The third-order valence-corrected chi connectivity index (χ3v) is 4.48. The van der Waals surface area contributed by atoms with Crippen LogP contribution in [0.4, 0.5) is 5.69 Å². The summed E-state index contributed by atoms with van der Waals surface area (Å²) in [7, 11) is 0. The third kappa shape index (κ3) is 4.76. The highest BCUT2D eigenvalue weighted by Gasteiger charge is 2.18. The van der Waals surface area contributed by atoms with Gasteiger partial charge in [0.25, 0.3) is 5.91 Å². The number of aryl methyl sites for hydroxylation is 2. The van der Waals surface area contributed by atoms with E-state index >= 15 is 0 Å². The first-order valence-electron chi connectivity index (χ1n) is 7.72. The molecule has 122 valence electrons. The Labute approximate surface area is 142 Å². The van der Waals surface area contributed by atoms with Crippen molar-refractivity contribution in [2.24, 2.45) is 0 Å². The van der Waals surface area contributed by atoms with Gasteiger partial charge in [0.15, 0.2) is 6.10 Å². The Hall–Kier alpha value is -1.94. The third-order valence-electron chi connectivity index (χ3n) is 3.76. The summed E-state index contributed by atoms with van der Waals surface area (Å²) in [4.78, 5) is 13.6. The zero-order valence-corrected chi connectivity index (χ0v) is 14.9. The van der Waals surface area contributed by atoms with E-state index in [0.717, 1.165) is 21.9 Å². The van der Waals surface area contributed by atoms with E-state index in [-0.39, 0.29) is 5.91 Å². The van der Waals surface area contributed by atoms with Crippen molar-refractivity contribution in [2.45, 2.75) is 38.2 Å².